The Hall–Kier alpha value is -13.5. The number of aromatic nitrogens is 7. The van der Waals surface area contributed by atoms with E-state index in [0.717, 1.165) is 83.8 Å². The van der Waals surface area contributed by atoms with Crippen LogP contribution in [0.5, 0.6) is 0 Å². The molecule has 0 N–H and O–H groups in total. The Bertz CT molecular complexity index is 6270. The van der Waals surface area contributed by atoms with Gasteiger partial charge in [-0.3, -0.25) is 0 Å². The van der Waals surface area contributed by atoms with E-state index in [-0.39, 0.29) is 0 Å². The van der Waals surface area contributed by atoms with Crippen molar-refractivity contribution in [2.75, 3.05) is 0 Å². The SMILES string of the molecule is c1ccc(-c2ccc(-c3ccccc3)c(-c3nc(-c4ccc(-n5c6ccccc6c6cc(-c7ccc8c(c7)c7ccccc7n8-c7ccccc7)ccc65)cc4)nc(-c4ccc(-n5c6ccccc6c6cc(-c7ccc8c(c7)c7ccccc7n8-c7ccccc7)ccc65)cc4)n3)c2)cc1. The predicted octanol–water partition coefficient (Wildman–Crippen LogP) is 23.9. The normalized spacial score (nSPS) is 11.8. The van der Waals surface area contributed by atoms with E-state index in [4.69, 9.17) is 15.0 Å². The molecule has 0 spiro atoms. The van der Waals surface area contributed by atoms with Crippen LogP contribution in [0, 0.1) is 0 Å². The molecule has 5 aromatic heterocycles. The van der Waals surface area contributed by atoms with Crippen LogP contribution in [0.4, 0.5) is 0 Å². The molecule has 100 heavy (non-hydrogen) atoms. The molecule has 20 aromatic rings. The molecular weight excluding hydrogens is 1220 g/mol. The minimum atomic E-state index is 0.578. The molecule has 5 heterocycles. The molecule has 7 heteroatoms. The zero-order chi connectivity index (χ0) is 65.8. The third-order valence-corrected chi connectivity index (χ3v) is 20.2. The van der Waals surface area contributed by atoms with Crippen molar-refractivity contribution in [1.29, 1.82) is 0 Å². The van der Waals surface area contributed by atoms with Gasteiger partial charge in [0, 0.05) is 82.5 Å². The van der Waals surface area contributed by atoms with E-state index in [1.165, 1.54) is 87.4 Å². The first kappa shape index (κ1) is 56.8. The Morgan fingerprint density at radius 2 is 0.410 bits per heavy atom. The second-order valence-corrected chi connectivity index (χ2v) is 25.9. The van der Waals surface area contributed by atoms with Crippen LogP contribution in [0.25, 0.3) is 189 Å². The monoisotopic (exact) mass is 1270 g/mol. The maximum absolute atomic E-state index is 5.47. The summed E-state index contributed by atoms with van der Waals surface area (Å²) in [5.41, 5.74) is 25.3. The van der Waals surface area contributed by atoms with Gasteiger partial charge in [-0.15, -0.1) is 0 Å². The Labute approximate surface area is 576 Å². The third kappa shape index (κ3) is 9.32. The van der Waals surface area contributed by atoms with E-state index >= 15 is 0 Å². The van der Waals surface area contributed by atoms with Gasteiger partial charge in [0.15, 0.2) is 17.5 Å². The summed E-state index contributed by atoms with van der Waals surface area (Å²) in [6.45, 7) is 0. The Kier molecular flexibility index (Phi) is 13.1. The summed E-state index contributed by atoms with van der Waals surface area (Å²) in [5.74, 6) is 1.74. The highest BCUT2D eigenvalue weighted by Gasteiger charge is 2.22. The number of nitrogens with zero attached hydrogens (tertiary/aromatic N) is 7. The van der Waals surface area contributed by atoms with E-state index in [1.807, 2.05) is 0 Å². The molecule has 0 unspecified atom stereocenters. The number of benzene rings is 15. The second-order valence-electron chi connectivity index (χ2n) is 25.9. The fourth-order valence-electron chi connectivity index (χ4n) is 15.6. The molecule has 0 atom stereocenters. The van der Waals surface area contributed by atoms with Gasteiger partial charge >= 0.3 is 0 Å². The van der Waals surface area contributed by atoms with Crippen molar-refractivity contribution in [2.24, 2.45) is 0 Å². The number of rotatable bonds is 11. The molecule has 0 fully saturated rings. The van der Waals surface area contributed by atoms with Crippen LogP contribution in [0.2, 0.25) is 0 Å². The summed E-state index contributed by atoms with van der Waals surface area (Å²) >= 11 is 0. The summed E-state index contributed by atoms with van der Waals surface area (Å²) in [6.07, 6.45) is 0. The first-order chi connectivity index (χ1) is 49.6. The molecule has 0 aliphatic carbocycles. The second kappa shape index (κ2) is 23.1. The molecule has 0 saturated heterocycles. The molecule has 7 nitrogen and oxygen atoms in total. The van der Waals surface area contributed by atoms with E-state index in [1.54, 1.807) is 0 Å². The van der Waals surface area contributed by atoms with Crippen molar-refractivity contribution in [2.45, 2.75) is 0 Å². The smallest absolute Gasteiger partial charge is 0.164 e. The lowest BCUT2D eigenvalue weighted by Gasteiger charge is -2.15. The van der Waals surface area contributed by atoms with Crippen molar-refractivity contribution in [3.8, 4) is 101 Å². The van der Waals surface area contributed by atoms with Crippen LogP contribution in [0.3, 0.4) is 0 Å². The van der Waals surface area contributed by atoms with Crippen molar-refractivity contribution in [3.05, 3.63) is 358 Å². The van der Waals surface area contributed by atoms with Gasteiger partial charge in [-0.1, -0.05) is 206 Å². The van der Waals surface area contributed by atoms with Crippen molar-refractivity contribution < 1.29 is 0 Å². The van der Waals surface area contributed by atoms with Gasteiger partial charge in [0.25, 0.3) is 0 Å². The van der Waals surface area contributed by atoms with Gasteiger partial charge in [0.05, 0.1) is 44.1 Å². The lowest BCUT2D eigenvalue weighted by molar-refractivity contribution is 1.07. The number of para-hydroxylation sites is 6. The molecule has 0 amide bonds. The van der Waals surface area contributed by atoms with Gasteiger partial charge in [-0.25, -0.2) is 15.0 Å². The lowest BCUT2D eigenvalue weighted by Crippen LogP contribution is -2.02. The highest BCUT2D eigenvalue weighted by atomic mass is 15.0. The van der Waals surface area contributed by atoms with Crippen LogP contribution in [-0.4, -0.2) is 33.2 Å². The fraction of sp³-hybridized carbons (Fsp3) is 0. The van der Waals surface area contributed by atoms with Gasteiger partial charge in [-0.05, 0) is 196 Å². The summed E-state index contributed by atoms with van der Waals surface area (Å²) in [4.78, 5) is 16.3. The van der Waals surface area contributed by atoms with E-state index in [2.05, 4.69) is 376 Å². The lowest BCUT2D eigenvalue weighted by atomic mass is 9.94. The zero-order valence-electron chi connectivity index (χ0n) is 54.2. The average Bonchev–Trinajstić information content (AvgIpc) is 1.58. The topological polar surface area (TPSA) is 58.4 Å². The van der Waals surface area contributed by atoms with E-state index < -0.39 is 0 Å². The first-order valence-corrected chi connectivity index (χ1v) is 34.1. The summed E-state index contributed by atoms with van der Waals surface area (Å²) in [7, 11) is 0. The molecule has 466 valence electrons. The summed E-state index contributed by atoms with van der Waals surface area (Å²) in [6, 6.07) is 129. The Balaban J connectivity index is 0.687. The molecule has 0 radical (unpaired) electrons. The van der Waals surface area contributed by atoms with Crippen LogP contribution < -0.4 is 0 Å². The van der Waals surface area contributed by atoms with Crippen molar-refractivity contribution in [3.63, 3.8) is 0 Å². The third-order valence-electron chi connectivity index (χ3n) is 20.2. The van der Waals surface area contributed by atoms with Crippen LogP contribution in [0.1, 0.15) is 0 Å². The standard InChI is InChI=1S/C93H59N7/c1-5-21-60(22-6-1)64-41-50-73(61-23-7-2-8-24-61)82(59-64)93-95-91(62-37-46-71(47-38-62)99-85-35-19-15-31-76(85)80-57-67(44-53-89(80)99)65-42-51-87-78(55-65)74-29-13-17-33-83(74)97(87)69-25-9-3-10-26-69)94-92(96-93)63-39-48-72(49-40-63)100-86-36-20-16-32-77(86)81-58-68(45-54-90(81)100)66-43-52-88-79(56-66)75-30-14-18-34-84(75)98(88)70-27-11-4-12-28-70/h1-59H. The van der Waals surface area contributed by atoms with Crippen molar-refractivity contribution in [1.82, 2.24) is 33.2 Å². The highest BCUT2D eigenvalue weighted by molar-refractivity contribution is 6.15. The van der Waals surface area contributed by atoms with Crippen LogP contribution in [-0.2, 0) is 0 Å². The minimum Gasteiger partial charge on any atom is -0.309 e. The number of hydrogen-bond donors (Lipinski definition) is 0. The summed E-state index contributed by atoms with van der Waals surface area (Å²) in [5, 5.41) is 9.69. The van der Waals surface area contributed by atoms with Gasteiger partial charge in [0.2, 0.25) is 0 Å². The molecular formula is C93H59N7. The van der Waals surface area contributed by atoms with Gasteiger partial charge in [-0.2, -0.15) is 0 Å². The van der Waals surface area contributed by atoms with Crippen LogP contribution >= 0.6 is 0 Å². The molecule has 15 aromatic carbocycles. The van der Waals surface area contributed by atoms with Crippen molar-refractivity contribution >= 4 is 87.2 Å². The molecule has 0 aliphatic heterocycles. The first-order valence-electron chi connectivity index (χ1n) is 34.1. The van der Waals surface area contributed by atoms with E-state index in [0.29, 0.717) is 17.5 Å². The predicted molar refractivity (Wildman–Crippen MR) is 415 cm³/mol. The highest BCUT2D eigenvalue weighted by Crippen LogP contribution is 2.43. The van der Waals surface area contributed by atoms with Crippen LogP contribution in [0.15, 0.2) is 358 Å². The minimum absolute atomic E-state index is 0.578. The Morgan fingerprint density at radius 3 is 0.770 bits per heavy atom. The summed E-state index contributed by atoms with van der Waals surface area (Å²) < 4.78 is 9.50. The maximum Gasteiger partial charge on any atom is 0.164 e. The average molecular weight is 1270 g/mol. The van der Waals surface area contributed by atoms with Gasteiger partial charge in [0.1, 0.15) is 0 Å². The molecule has 0 bridgehead atoms. The fourth-order valence-corrected chi connectivity index (χ4v) is 15.6. The number of hydrogen-bond acceptors (Lipinski definition) is 3. The largest absolute Gasteiger partial charge is 0.309 e. The molecule has 0 saturated carbocycles. The zero-order valence-corrected chi connectivity index (χ0v) is 54.2. The number of fused-ring (bicyclic) bond motifs is 12. The van der Waals surface area contributed by atoms with Gasteiger partial charge < -0.3 is 18.3 Å². The molecule has 0 aliphatic rings. The Morgan fingerprint density at radius 1 is 0.150 bits per heavy atom. The van der Waals surface area contributed by atoms with E-state index in [9.17, 15) is 0 Å². The quantitative estimate of drug-likeness (QED) is 0.130. The maximum atomic E-state index is 5.47. The molecule has 20 rings (SSSR count).